The zero-order valence-electron chi connectivity index (χ0n) is 9.43. The first kappa shape index (κ1) is 13.7. The topological polar surface area (TPSA) is 72.2 Å². The predicted octanol–water partition coefficient (Wildman–Crippen LogP) is 0.172. The summed E-state index contributed by atoms with van der Waals surface area (Å²) < 4.78 is 0. The van der Waals surface area contributed by atoms with Crippen molar-refractivity contribution in [1.29, 1.82) is 0 Å². The zero-order valence-corrected chi connectivity index (χ0v) is 10.3. The van der Waals surface area contributed by atoms with Gasteiger partial charge in [0, 0.05) is 0 Å². The lowest BCUT2D eigenvalue weighted by atomic mass is 10.0. The molecule has 0 aliphatic carbocycles. The lowest BCUT2D eigenvalue weighted by Gasteiger charge is -2.16. The molecule has 1 aromatic rings. The quantitative estimate of drug-likeness (QED) is 0.632. The lowest BCUT2D eigenvalue weighted by Crippen LogP contribution is -2.45. The minimum atomic E-state index is -0.550. The number of thiol groups is 1. The molecule has 1 atom stereocenters. The molecule has 17 heavy (non-hydrogen) atoms. The molecule has 0 fully saturated rings. The monoisotopic (exact) mass is 252 g/mol. The largest absolute Gasteiger partial charge is 0.345 e. The van der Waals surface area contributed by atoms with Crippen LogP contribution < -0.4 is 11.1 Å². The van der Waals surface area contributed by atoms with Crippen LogP contribution in [0.15, 0.2) is 30.3 Å². The van der Waals surface area contributed by atoms with E-state index in [0.29, 0.717) is 6.42 Å². The lowest BCUT2D eigenvalue weighted by molar-refractivity contribution is -0.125. The number of nitrogens with one attached hydrogen (secondary N) is 1. The van der Waals surface area contributed by atoms with E-state index in [2.05, 4.69) is 17.9 Å². The van der Waals surface area contributed by atoms with E-state index in [1.807, 2.05) is 30.3 Å². The molecule has 1 amide bonds. The number of carbonyl (C=O) groups excluding carboxylic acids is 2. The highest BCUT2D eigenvalue weighted by Crippen LogP contribution is 2.04. The van der Waals surface area contributed by atoms with Crippen LogP contribution >= 0.6 is 12.6 Å². The van der Waals surface area contributed by atoms with E-state index in [0.717, 1.165) is 5.56 Å². The van der Waals surface area contributed by atoms with Crippen LogP contribution in [-0.2, 0) is 16.0 Å². The number of nitrogens with two attached hydrogens (primary N) is 1. The Bertz CT molecular complexity index is 381. The predicted molar refractivity (Wildman–Crippen MR) is 70.0 cm³/mol. The third kappa shape index (κ3) is 4.58. The third-order valence-electron chi connectivity index (χ3n) is 2.35. The third-order valence-corrected chi connectivity index (χ3v) is 2.66. The molecular weight excluding hydrogens is 236 g/mol. The maximum absolute atomic E-state index is 11.6. The maximum Gasteiger partial charge on any atom is 0.234 e. The summed E-state index contributed by atoms with van der Waals surface area (Å²) >= 11 is 3.94. The van der Waals surface area contributed by atoms with Gasteiger partial charge in [0.15, 0.2) is 5.78 Å². The Morgan fingerprint density at radius 2 is 1.94 bits per heavy atom. The Balaban J connectivity index is 2.70. The molecule has 0 aliphatic heterocycles. The molecule has 0 saturated carbocycles. The summed E-state index contributed by atoms with van der Waals surface area (Å²) in [6.45, 7) is -0.120. The number of hydrogen-bond donors (Lipinski definition) is 3. The van der Waals surface area contributed by atoms with Crippen molar-refractivity contribution < 1.29 is 9.59 Å². The Hall–Kier alpha value is -1.33. The molecule has 1 aromatic carbocycles. The van der Waals surface area contributed by atoms with E-state index in [-0.39, 0.29) is 24.0 Å². The van der Waals surface area contributed by atoms with Gasteiger partial charge < -0.3 is 11.1 Å². The number of benzene rings is 1. The second-order valence-electron chi connectivity index (χ2n) is 3.64. The Kier molecular flexibility index (Phi) is 5.72. The Morgan fingerprint density at radius 1 is 1.29 bits per heavy atom. The van der Waals surface area contributed by atoms with Crippen LogP contribution in [0.25, 0.3) is 0 Å². The fourth-order valence-corrected chi connectivity index (χ4v) is 1.68. The van der Waals surface area contributed by atoms with E-state index < -0.39 is 6.04 Å². The van der Waals surface area contributed by atoms with E-state index in [1.54, 1.807) is 0 Å². The molecule has 0 heterocycles. The molecule has 0 saturated heterocycles. The molecule has 5 heteroatoms. The fraction of sp³-hybridized carbons (Fsp3) is 0.333. The standard InChI is InChI=1S/C12H16N2O2S/c13-7-12(16)14-10(11(15)8-17)6-9-4-2-1-3-5-9/h1-5,10,17H,6-8,13H2,(H,14,16)/t10-/m0/s1. The van der Waals surface area contributed by atoms with Gasteiger partial charge in [-0.05, 0) is 12.0 Å². The summed E-state index contributed by atoms with van der Waals surface area (Å²) in [5, 5.41) is 2.60. The molecule has 0 aromatic heterocycles. The van der Waals surface area contributed by atoms with Gasteiger partial charge in [-0.2, -0.15) is 12.6 Å². The second-order valence-corrected chi connectivity index (χ2v) is 3.95. The first-order valence-electron chi connectivity index (χ1n) is 5.34. The van der Waals surface area contributed by atoms with Crippen molar-refractivity contribution in [1.82, 2.24) is 5.32 Å². The summed E-state index contributed by atoms with van der Waals surface area (Å²) in [5.41, 5.74) is 6.20. The molecule has 1 rings (SSSR count). The summed E-state index contributed by atoms with van der Waals surface area (Å²) in [6.07, 6.45) is 0.464. The normalized spacial score (nSPS) is 11.9. The molecule has 0 aliphatic rings. The van der Waals surface area contributed by atoms with Gasteiger partial charge in [-0.1, -0.05) is 30.3 Å². The summed E-state index contributed by atoms with van der Waals surface area (Å²) in [5.74, 6) is -0.345. The second kappa shape index (κ2) is 7.09. The Morgan fingerprint density at radius 3 is 2.47 bits per heavy atom. The molecule has 0 radical (unpaired) electrons. The highest BCUT2D eigenvalue weighted by atomic mass is 32.1. The number of Topliss-reactive ketones (excluding diaryl/α,β-unsaturated/α-hetero) is 1. The van der Waals surface area contributed by atoms with E-state index in [1.165, 1.54) is 0 Å². The average molecular weight is 252 g/mol. The Labute approximate surface area is 106 Å². The molecule has 4 nitrogen and oxygen atoms in total. The van der Waals surface area contributed by atoms with Crippen LogP contribution in [0, 0.1) is 0 Å². The van der Waals surface area contributed by atoms with Gasteiger partial charge in [-0.15, -0.1) is 0 Å². The molecule has 0 bridgehead atoms. The summed E-state index contributed by atoms with van der Waals surface area (Å²) in [4.78, 5) is 22.9. The molecule has 0 spiro atoms. The van der Waals surface area contributed by atoms with E-state index >= 15 is 0 Å². The number of amides is 1. The van der Waals surface area contributed by atoms with Gasteiger partial charge in [0.05, 0.1) is 18.3 Å². The zero-order chi connectivity index (χ0) is 12.7. The van der Waals surface area contributed by atoms with Crippen LogP contribution in [0.3, 0.4) is 0 Å². The van der Waals surface area contributed by atoms with Gasteiger partial charge in [-0.25, -0.2) is 0 Å². The van der Waals surface area contributed by atoms with Crippen molar-refractivity contribution in [3.63, 3.8) is 0 Å². The van der Waals surface area contributed by atoms with Crippen molar-refractivity contribution in [3.8, 4) is 0 Å². The van der Waals surface area contributed by atoms with Crippen molar-refractivity contribution in [2.75, 3.05) is 12.3 Å². The smallest absolute Gasteiger partial charge is 0.234 e. The van der Waals surface area contributed by atoms with Crippen LogP contribution in [0.5, 0.6) is 0 Å². The first-order chi connectivity index (χ1) is 8.17. The van der Waals surface area contributed by atoms with Gasteiger partial charge in [-0.3, -0.25) is 9.59 Å². The van der Waals surface area contributed by atoms with Crippen LogP contribution in [-0.4, -0.2) is 30.0 Å². The van der Waals surface area contributed by atoms with Crippen molar-refractivity contribution >= 4 is 24.3 Å². The van der Waals surface area contributed by atoms with Crippen LogP contribution in [0.4, 0.5) is 0 Å². The van der Waals surface area contributed by atoms with Crippen LogP contribution in [0.1, 0.15) is 5.56 Å². The summed E-state index contributed by atoms with van der Waals surface area (Å²) in [7, 11) is 0. The minimum absolute atomic E-state index is 0.0996. The van der Waals surface area contributed by atoms with Crippen molar-refractivity contribution in [3.05, 3.63) is 35.9 Å². The number of ketones is 1. The number of hydrogen-bond acceptors (Lipinski definition) is 4. The minimum Gasteiger partial charge on any atom is -0.345 e. The summed E-state index contributed by atoms with van der Waals surface area (Å²) in [6, 6.07) is 8.95. The molecule has 0 unspecified atom stereocenters. The SMILES string of the molecule is NCC(=O)N[C@@H](Cc1ccccc1)C(=O)CS. The first-order valence-corrected chi connectivity index (χ1v) is 5.97. The molecular formula is C12H16N2O2S. The highest BCUT2D eigenvalue weighted by molar-refractivity contribution is 7.81. The van der Waals surface area contributed by atoms with Gasteiger partial charge in [0.25, 0.3) is 0 Å². The fourth-order valence-electron chi connectivity index (χ4n) is 1.46. The van der Waals surface area contributed by atoms with Gasteiger partial charge >= 0.3 is 0 Å². The van der Waals surface area contributed by atoms with Crippen LogP contribution in [0.2, 0.25) is 0 Å². The maximum atomic E-state index is 11.6. The average Bonchev–Trinajstić information content (AvgIpc) is 2.38. The van der Waals surface area contributed by atoms with Crippen molar-refractivity contribution in [2.45, 2.75) is 12.5 Å². The number of carbonyl (C=O) groups is 2. The van der Waals surface area contributed by atoms with Gasteiger partial charge in [0.1, 0.15) is 0 Å². The van der Waals surface area contributed by atoms with E-state index in [9.17, 15) is 9.59 Å². The molecule has 92 valence electrons. The number of rotatable bonds is 6. The van der Waals surface area contributed by atoms with Crippen molar-refractivity contribution in [2.24, 2.45) is 5.73 Å². The molecule has 3 N–H and O–H groups in total. The highest BCUT2D eigenvalue weighted by Gasteiger charge is 2.19. The van der Waals surface area contributed by atoms with E-state index in [4.69, 9.17) is 5.73 Å². The van der Waals surface area contributed by atoms with Gasteiger partial charge in [0.2, 0.25) is 5.91 Å².